The number of hydrogen-bond acceptors (Lipinski definition) is 3. The Morgan fingerprint density at radius 2 is 1.85 bits per heavy atom. The Kier molecular flexibility index (Phi) is 6.01. The molecule has 0 saturated heterocycles. The first kappa shape index (κ1) is 20.6. The Morgan fingerprint density at radius 1 is 1.15 bits per heavy atom. The topological polar surface area (TPSA) is 75.3 Å². The molecule has 0 radical (unpaired) electrons. The van der Waals surface area contributed by atoms with E-state index in [1.54, 1.807) is 0 Å². The number of carbonyl (C=O) groups is 1. The highest BCUT2D eigenvalue weighted by atomic mass is 32.2. The van der Waals surface area contributed by atoms with Gasteiger partial charge in [-0.1, -0.05) is 12.1 Å². The van der Waals surface area contributed by atoms with E-state index in [1.165, 1.54) is 12.1 Å². The van der Waals surface area contributed by atoms with Crippen molar-refractivity contribution in [3.8, 4) is 0 Å². The van der Waals surface area contributed by atoms with E-state index in [9.17, 15) is 30.8 Å². The maximum atomic E-state index is 13.9. The number of amides is 1. The zero-order chi connectivity index (χ0) is 20.2. The highest BCUT2D eigenvalue weighted by Crippen LogP contribution is 2.30. The van der Waals surface area contributed by atoms with Crippen molar-refractivity contribution in [1.82, 2.24) is 4.72 Å². The van der Waals surface area contributed by atoms with Crippen molar-refractivity contribution in [2.75, 3.05) is 11.9 Å². The van der Waals surface area contributed by atoms with Gasteiger partial charge >= 0.3 is 6.18 Å². The summed E-state index contributed by atoms with van der Waals surface area (Å²) in [4.78, 5) is 11.5. The zero-order valence-corrected chi connectivity index (χ0v) is 14.5. The molecule has 144 valence electrons. The van der Waals surface area contributed by atoms with E-state index in [0.29, 0.717) is 0 Å². The molecule has 0 saturated carbocycles. The lowest BCUT2D eigenvalue weighted by atomic mass is 10.1. The van der Waals surface area contributed by atoms with Crippen LogP contribution >= 0.6 is 0 Å². The summed E-state index contributed by atoms with van der Waals surface area (Å²) in [5.41, 5.74) is -1.35. The van der Waals surface area contributed by atoms with Crippen molar-refractivity contribution >= 4 is 21.6 Å². The van der Waals surface area contributed by atoms with Gasteiger partial charge in [0.25, 0.3) is 5.91 Å². The van der Waals surface area contributed by atoms with Crippen molar-refractivity contribution in [2.24, 2.45) is 0 Å². The summed E-state index contributed by atoms with van der Waals surface area (Å²) in [6.45, 7) is 3.18. The summed E-state index contributed by atoms with van der Waals surface area (Å²) in [5, 5.41) is 2.22. The fraction of sp³-hybridized carbons (Fsp3) is 0.118. The Balaban J connectivity index is 2.30. The molecule has 0 unspecified atom stereocenters. The zero-order valence-electron chi connectivity index (χ0n) is 13.7. The molecule has 0 aliphatic heterocycles. The predicted octanol–water partition coefficient (Wildman–Crippen LogP) is 3.56. The van der Waals surface area contributed by atoms with Crippen LogP contribution in [0.3, 0.4) is 0 Å². The van der Waals surface area contributed by atoms with Gasteiger partial charge in [-0.05, 0) is 36.4 Å². The fourth-order valence-electron chi connectivity index (χ4n) is 2.07. The lowest BCUT2D eigenvalue weighted by Crippen LogP contribution is -2.25. The van der Waals surface area contributed by atoms with Crippen LogP contribution in [0.25, 0.3) is 0 Å². The average molecular weight is 402 g/mol. The molecule has 2 N–H and O–H groups in total. The minimum Gasteiger partial charge on any atom is -0.322 e. The van der Waals surface area contributed by atoms with E-state index in [0.717, 1.165) is 36.4 Å². The van der Waals surface area contributed by atoms with Gasteiger partial charge in [0.1, 0.15) is 10.7 Å². The summed E-state index contributed by atoms with van der Waals surface area (Å²) in [6, 6.07) is 6.50. The molecule has 1 amide bonds. The summed E-state index contributed by atoms with van der Waals surface area (Å²) in [6.07, 6.45) is -3.34. The van der Waals surface area contributed by atoms with Gasteiger partial charge in [-0.3, -0.25) is 4.79 Å². The molecule has 0 aromatic heterocycles. The molecule has 0 spiro atoms. The molecule has 0 aliphatic rings. The van der Waals surface area contributed by atoms with Crippen molar-refractivity contribution in [3.05, 3.63) is 72.1 Å². The summed E-state index contributed by atoms with van der Waals surface area (Å²) < 4.78 is 78.2. The standard InChI is InChI=1S/C17H14F4N2O3S/c1-2-8-22-27(25,26)15-9-11(6-7-14(15)18)16(24)23-13-5-3-4-12(10-13)17(19,20)21/h2-7,9-10,22H,1,8H2,(H,23,24). The van der Waals surface area contributed by atoms with Crippen molar-refractivity contribution in [1.29, 1.82) is 0 Å². The quantitative estimate of drug-likeness (QED) is 0.573. The number of carbonyl (C=O) groups excluding carboxylic acids is 1. The Bertz CT molecular complexity index is 972. The molecular weight excluding hydrogens is 388 g/mol. The van der Waals surface area contributed by atoms with E-state index in [4.69, 9.17) is 0 Å². The minimum atomic E-state index is -4.59. The van der Waals surface area contributed by atoms with E-state index >= 15 is 0 Å². The van der Waals surface area contributed by atoms with Gasteiger partial charge in [-0.2, -0.15) is 13.2 Å². The highest BCUT2D eigenvalue weighted by molar-refractivity contribution is 7.89. The summed E-state index contributed by atoms with van der Waals surface area (Å²) >= 11 is 0. The average Bonchev–Trinajstić information content (AvgIpc) is 2.59. The van der Waals surface area contributed by atoms with Crippen LogP contribution in [-0.4, -0.2) is 20.9 Å². The molecule has 0 heterocycles. The van der Waals surface area contributed by atoms with Crippen LogP contribution in [0.15, 0.2) is 60.0 Å². The van der Waals surface area contributed by atoms with Crippen molar-refractivity contribution < 1.29 is 30.8 Å². The highest BCUT2D eigenvalue weighted by Gasteiger charge is 2.30. The maximum Gasteiger partial charge on any atom is 0.416 e. The normalized spacial score (nSPS) is 11.9. The number of alkyl halides is 3. The molecule has 2 rings (SSSR count). The van der Waals surface area contributed by atoms with Crippen LogP contribution in [0.5, 0.6) is 0 Å². The molecule has 0 bridgehead atoms. The Hall–Kier alpha value is -2.72. The third-order valence-electron chi connectivity index (χ3n) is 3.35. The van der Waals surface area contributed by atoms with Crippen molar-refractivity contribution in [2.45, 2.75) is 11.1 Å². The number of anilines is 1. The van der Waals surface area contributed by atoms with Crippen LogP contribution in [-0.2, 0) is 16.2 Å². The number of sulfonamides is 1. The first-order valence-electron chi connectivity index (χ1n) is 7.43. The SMILES string of the molecule is C=CCNS(=O)(=O)c1cc(C(=O)Nc2cccc(C(F)(F)F)c2)ccc1F. The van der Waals surface area contributed by atoms with Crippen LogP contribution in [0.2, 0.25) is 0 Å². The lowest BCUT2D eigenvalue weighted by Gasteiger charge is -2.11. The van der Waals surface area contributed by atoms with Gasteiger partial charge in [0.2, 0.25) is 10.0 Å². The molecule has 2 aromatic carbocycles. The van der Waals surface area contributed by atoms with Gasteiger partial charge < -0.3 is 5.32 Å². The molecule has 0 fully saturated rings. The first-order chi connectivity index (χ1) is 12.5. The first-order valence-corrected chi connectivity index (χ1v) is 8.91. The van der Waals surface area contributed by atoms with Gasteiger partial charge in [0, 0.05) is 17.8 Å². The van der Waals surface area contributed by atoms with Crippen LogP contribution in [0, 0.1) is 5.82 Å². The van der Waals surface area contributed by atoms with E-state index in [1.807, 2.05) is 0 Å². The number of benzene rings is 2. The van der Waals surface area contributed by atoms with Crippen LogP contribution in [0.1, 0.15) is 15.9 Å². The second-order valence-corrected chi connectivity index (χ2v) is 7.05. The molecule has 10 heteroatoms. The van der Waals surface area contributed by atoms with E-state index < -0.39 is 38.4 Å². The number of halogens is 4. The molecule has 5 nitrogen and oxygen atoms in total. The van der Waals surface area contributed by atoms with E-state index in [-0.39, 0.29) is 17.8 Å². The summed E-state index contributed by atoms with van der Waals surface area (Å²) in [5.74, 6) is -1.98. The van der Waals surface area contributed by atoms with Gasteiger partial charge in [0.05, 0.1) is 5.56 Å². The van der Waals surface area contributed by atoms with Gasteiger partial charge in [-0.25, -0.2) is 17.5 Å². The molecule has 0 aliphatic carbocycles. The molecule has 2 aromatic rings. The lowest BCUT2D eigenvalue weighted by molar-refractivity contribution is -0.137. The molecule has 27 heavy (non-hydrogen) atoms. The molecule has 0 atom stereocenters. The second-order valence-electron chi connectivity index (χ2n) is 5.32. The third kappa shape index (κ3) is 5.14. The largest absolute Gasteiger partial charge is 0.416 e. The number of nitrogens with one attached hydrogen (secondary N) is 2. The Labute approximate surface area is 152 Å². The second kappa shape index (κ2) is 7.89. The Morgan fingerprint density at radius 3 is 2.48 bits per heavy atom. The van der Waals surface area contributed by atoms with Crippen molar-refractivity contribution in [3.63, 3.8) is 0 Å². The fourth-order valence-corrected chi connectivity index (χ4v) is 3.17. The third-order valence-corrected chi connectivity index (χ3v) is 4.79. The maximum absolute atomic E-state index is 13.9. The monoisotopic (exact) mass is 402 g/mol. The molecular formula is C17H14F4N2O3S. The smallest absolute Gasteiger partial charge is 0.322 e. The van der Waals surface area contributed by atoms with Gasteiger partial charge in [-0.15, -0.1) is 6.58 Å². The minimum absolute atomic E-state index is 0.145. The van der Waals surface area contributed by atoms with Gasteiger partial charge in [0.15, 0.2) is 0 Å². The summed E-state index contributed by atoms with van der Waals surface area (Å²) in [7, 11) is -4.23. The predicted molar refractivity (Wildman–Crippen MR) is 91.2 cm³/mol. The van der Waals surface area contributed by atoms with Crippen LogP contribution in [0.4, 0.5) is 23.2 Å². The van der Waals surface area contributed by atoms with Crippen LogP contribution < -0.4 is 10.0 Å². The van der Waals surface area contributed by atoms with E-state index in [2.05, 4.69) is 16.6 Å². The number of rotatable bonds is 6. The number of hydrogen-bond donors (Lipinski definition) is 2.